The topological polar surface area (TPSA) is 119 Å². The number of fused-ring (bicyclic) bond motifs is 2. The van der Waals surface area contributed by atoms with Gasteiger partial charge < -0.3 is 10.6 Å². The highest BCUT2D eigenvalue weighted by molar-refractivity contribution is 6.30. The number of hydrogen-bond acceptors (Lipinski definition) is 7. The number of pyridine rings is 1. The molecule has 2 aliphatic rings. The Labute approximate surface area is 205 Å². The van der Waals surface area contributed by atoms with Crippen molar-refractivity contribution in [1.82, 2.24) is 25.7 Å². The molecule has 0 radical (unpaired) electrons. The molecule has 2 atom stereocenters. The number of carbonyl (C=O) groups is 3. The molecule has 2 aromatic carbocycles. The normalized spacial score (nSPS) is 17.9. The van der Waals surface area contributed by atoms with Crippen LogP contribution in [0.25, 0.3) is 10.8 Å². The number of hydrazine groups is 1. The second-order valence-electron chi connectivity index (χ2n) is 8.20. The van der Waals surface area contributed by atoms with Gasteiger partial charge in [0.15, 0.2) is 0 Å². The molecule has 5 rings (SSSR count). The molecule has 2 aliphatic heterocycles. The Kier molecular flexibility index (Phi) is 6.30. The second-order valence-corrected chi connectivity index (χ2v) is 8.64. The Morgan fingerprint density at radius 3 is 2.89 bits per heavy atom. The Morgan fingerprint density at radius 1 is 1.17 bits per heavy atom. The summed E-state index contributed by atoms with van der Waals surface area (Å²) >= 11 is 6.16. The molecule has 0 bridgehead atoms. The highest BCUT2D eigenvalue weighted by atomic mass is 35.5. The van der Waals surface area contributed by atoms with Crippen molar-refractivity contribution in [3.63, 3.8) is 0 Å². The molecule has 1 fully saturated rings. The number of rotatable bonds is 6. The maximum Gasteiger partial charge on any atom is 0.267 e. The smallest absolute Gasteiger partial charge is 0.267 e. The Hall–Kier alpha value is -4.02. The first-order chi connectivity index (χ1) is 17.0. The van der Waals surface area contributed by atoms with E-state index in [2.05, 4.69) is 26.1 Å². The molecule has 3 amide bonds. The van der Waals surface area contributed by atoms with Crippen LogP contribution in [0.15, 0.2) is 66.0 Å². The Morgan fingerprint density at radius 2 is 2.03 bits per heavy atom. The molecular formula is C24H22ClN7O3. The third kappa shape index (κ3) is 4.79. The van der Waals surface area contributed by atoms with E-state index in [1.54, 1.807) is 41.7 Å². The number of amides is 3. The summed E-state index contributed by atoms with van der Waals surface area (Å²) < 4.78 is 0. The van der Waals surface area contributed by atoms with Crippen molar-refractivity contribution in [2.24, 2.45) is 5.10 Å². The molecule has 178 valence electrons. The Bertz CT molecular complexity index is 1330. The van der Waals surface area contributed by atoms with Crippen LogP contribution in [0.4, 0.5) is 5.69 Å². The first kappa shape index (κ1) is 22.8. The van der Waals surface area contributed by atoms with E-state index in [1.807, 2.05) is 24.3 Å². The van der Waals surface area contributed by atoms with Gasteiger partial charge in [-0.2, -0.15) is 5.10 Å². The van der Waals surface area contributed by atoms with Gasteiger partial charge in [-0.25, -0.2) is 10.4 Å². The summed E-state index contributed by atoms with van der Waals surface area (Å²) in [5.41, 5.74) is 4.05. The van der Waals surface area contributed by atoms with Gasteiger partial charge in [0, 0.05) is 28.5 Å². The largest absolute Gasteiger partial charge is 0.339 e. The van der Waals surface area contributed by atoms with Crippen LogP contribution in [0.1, 0.15) is 18.0 Å². The van der Waals surface area contributed by atoms with E-state index < -0.39 is 23.9 Å². The summed E-state index contributed by atoms with van der Waals surface area (Å²) in [6.45, 7) is 0.336. The average molecular weight is 492 g/mol. The first-order valence-electron chi connectivity index (χ1n) is 11.1. The van der Waals surface area contributed by atoms with Gasteiger partial charge in [0.05, 0.1) is 11.9 Å². The number of nitrogens with zero attached hydrogens (tertiary/aromatic N) is 4. The van der Waals surface area contributed by atoms with Crippen molar-refractivity contribution in [2.45, 2.75) is 18.5 Å². The minimum atomic E-state index is -1.06. The number of nitrogens with one attached hydrogen (secondary N) is 3. The number of hydrogen-bond donors (Lipinski definition) is 3. The molecule has 1 aromatic heterocycles. The predicted octanol–water partition coefficient (Wildman–Crippen LogP) is 2.05. The van der Waals surface area contributed by atoms with Gasteiger partial charge in [0.25, 0.3) is 11.8 Å². The minimum Gasteiger partial charge on any atom is -0.339 e. The van der Waals surface area contributed by atoms with E-state index in [0.29, 0.717) is 29.2 Å². The lowest BCUT2D eigenvalue weighted by molar-refractivity contribution is -0.140. The van der Waals surface area contributed by atoms with Crippen molar-refractivity contribution in [3.05, 3.63) is 71.5 Å². The molecule has 0 aliphatic carbocycles. The molecule has 0 spiro atoms. The van der Waals surface area contributed by atoms with Crippen molar-refractivity contribution in [3.8, 4) is 0 Å². The molecule has 3 N–H and O–H groups in total. The summed E-state index contributed by atoms with van der Waals surface area (Å²) in [7, 11) is 0. The number of carbonyl (C=O) groups excluding carboxylic acids is 3. The highest BCUT2D eigenvalue weighted by Crippen LogP contribution is 2.25. The molecule has 3 heterocycles. The van der Waals surface area contributed by atoms with E-state index in [4.69, 9.17) is 11.6 Å². The second kappa shape index (κ2) is 9.69. The van der Waals surface area contributed by atoms with Crippen LogP contribution in [0.5, 0.6) is 0 Å². The van der Waals surface area contributed by atoms with Crippen LogP contribution in [-0.2, 0) is 14.4 Å². The number of hydrazone groups is 1. The van der Waals surface area contributed by atoms with Crippen LogP contribution in [0, 0.1) is 0 Å². The molecule has 0 saturated carbocycles. The van der Waals surface area contributed by atoms with Crippen molar-refractivity contribution < 1.29 is 14.4 Å². The minimum absolute atomic E-state index is 0.279. The summed E-state index contributed by atoms with van der Waals surface area (Å²) in [5.74, 6) is -1.29. The quantitative estimate of drug-likeness (QED) is 0.485. The summed E-state index contributed by atoms with van der Waals surface area (Å²) in [6, 6.07) is 12.7. The summed E-state index contributed by atoms with van der Waals surface area (Å²) in [4.78, 5) is 43.2. The monoisotopic (exact) mass is 491 g/mol. The number of anilines is 1. The fraction of sp³-hybridized carbons (Fsp3) is 0.208. The lowest BCUT2D eigenvalue weighted by Gasteiger charge is -2.30. The standard InChI is InChI=1S/C24H22ClN7O3/c25-17-6-3-5-15(10-17)22(23(34)29-19-12-26-11-16-4-1-2-7-18(16)19)30-21(33)13-31-24(35)20-8-9-27-32(20)14-28-31/h1-7,10-12,14,20,22,27H,8-9,13H2,(H,29,34)(H,30,33). The van der Waals surface area contributed by atoms with E-state index in [0.717, 1.165) is 15.8 Å². The van der Waals surface area contributed by atoms with Crippen molar-refractivity contribution in [1.29, 1.82) is 0 Å². The van der Waals surface area contributed by atoms with Crippen LogP contribution >= 0.6 is 11.6 Å². The highest BCUT2D eigenvalue weighted by Gasteiger charge is 2.37. The SMILES string of the molecule is O=C(CN1N=CN2NCCC2C1=O)NC(C(=O)Nc1cncc2ccccc12)c1cccc(Cl)c1. The van der Waals surface area contributed by atoms with Gasteiger partial charge in [-0.05, 0) is 24.1 Å². The van der Waals surface area contributed by atoms with Crippen molar-refractivity contribution >= 4 is 52.1 Å². The molecule has 3 aromatic rings. The van der Waals surface area contributed by atoms with Gasteiger partial charge in [0.1, 0.15) is 25.0 Å². The zero-order chi connectivity index (χ0) is 24.4. The molecule has 35 heavy (non-hydrogen) atoms. The molecular weight excluding hydrogens is 470 g/mol. The zero-order valence-corrected chi connectivity index (χ0v) is 19.3. The van der Waals surface area contributed by atoms with Crippen LogP contribution in [0.3, 0.4) is 0 Å². The van der Waals surface area contributed by atoms with E-state index in [9.17, 15) is 14.4 Å². The zero-order valence-electron chi connectivity index (χ0n) is 18.5. The van der Waals surface area contributed by atoms with E-state index in [-0.39, 0.29) is 12.5 Å². The first-order valence-corrected chi connectivity index (χ1v) is 11.4. The van der Waals surface area contributed by atoms with Crippen LogP contribution in [0.2, 0.25) is 5.02 Å². The van der Waals surface area contributed by atoms with Gasteiger partial charge in [-0.15, -0.1) is 0 Å². The van der Waals surface area contributed by atoms with Gasteiger partial charge in [0.2, 0.25) is 5.91 Å². The molecule has 2 unspecified atom stereocenters. The van der Waals surface area contributed by atoms with Crippen LogP contribution in [-0.4, -0.2) is 58.2 Å². The van der Waals surface area contributed by atoms with Crippen molar-refractivity contribution in [2.75, 3.05) is 18.4 Å². The van der Waals surface area contributed by atoms with Crippen LogP contribution < -0.4 is 16.1 Å². The van der Waals surface area contributed by atoms with Gasteiger partial charge in [-0.3, -0.25) is 24.4 Å². The molecule has 11 heteroatoms. The third-order valence-corrected chi connectivity index (χ3v) is 6.11. The summed E-state index contributed by atoms with van der Waals surface area (Å²) in [6.07, 6.45) is 5.37. The fourth-order valence-corrected chi connectivity index (χ4v) is 4.36. The number of aromatic nitrogens is 1. The predicted molar refractivity (Wildman–Crippen MR) is 131 cm³/mol. The van der Waals surface area contributed by atoms with E-state index >= 15 is 0 Å². The third-order valence-electron chi connectivity index (χ3n) is 5.87. The lowest BCUT2D eigenvalue weighted by Crippen LogP contribution is -2.53. The number of halogens is 1. The maximum absolute atomic E-state index is 13.4. The lowest BCUT2D eigenvalue weighted by atomic mass is 10.1. The van der Waals surface area contributed by atoms with E-state index in [1.165, 1.54) is 6.34 Å². The number of benzene rings is 2. The molecule has 1 saturated heterocycles. The maximum atomic E-state index is 13.4. The van der Waals surface area contributed by atoms with Gasteiger partial charge in [-0.1, -0.05) is 48.0 Å². The Balaban J connectivity index is 1.36. The van der Waals surface area contributed by atoms with Gasteiger partial charge >= 0.3 is 0 Å². The summed E-state index contributed by atoms with van der Waals surface area (Å²) in [5, 5.41) is 14.5. The fourth-order valence-electron chi connectivity index (χ4n) is 4.16. The average Bonchev–Trinajstić information content (AvgIpc) is 3.34. The molecule has 10 nitrogen and oxygen atoms in total.